The van der Waals surface area contributed by atoms with Gasteiger partial charge in [0.15, 0.2) is 0 Å². The van der Waals surface area contributed by atoms with Crippen LogP contribution in [-0.4, -0.2) is 40.4 Å². The summed E-state index contributed by atoms with van der Waals surface area (Å²) in [5.74, 6) is 1.07. The van der Waals surface area contributed by atoms with Gasteiger partial charge in [0, 0.05) is 0 Å². The molecule has 1 N–H and O–H groups in total. The van der Waals surface area contributed by atoms with Gasteiger partial charge >= 0.3 is 6.09 Å². The van der Waals surface area contributed by atoms with Crippen LogP contribution in [0.5, 0.6) is 11.5 Å². The molecule has 0 aromatic heterocycles. The molecule has 5 nitrogen and oxygen atoms in total. The Morgan fingerprint density at radius 1 is 1.38 bits per heavy atom. The number of carbonyl (C=O) groups excluding carboxylic acids is 1. The van der Waals surface area contributed by atoms with Crippen molar-refractivity contribution < 1.29 is 19.4 Å². The summed E-state index contributed by atoms with van der Waals surface area (Å²) in [6, 6.07) is 5.16. The maximum atomic E-state index is 12.0. The number of carbonyl (C=O) groups is 1. The third-order valence-corrected chi connectivity index (χ3v) is 3.83. The molecule has 0 atom stereocenters. The molecule has 3 rings (SSSR count). The van der Waals surface area contributed by atoms with E-state index in [1.165, 1.54) is 0 Å². The van der Waals surface area contributed by atoms with E-state index in [2.05, 4.69) is 0 Å². The van der Waals surface area contributed by atoms with Crippen LogP contribution in [0.4, 0.5) is 4.79 Å². The number of aryl methyl sites for hydroxylation is 1. The van der Waals surface area contributed by atoms with Crippen molar-refractivity contribution in [3.8, 4) is 11.5 Å². The van der Waals surface area contributed by atoms with Gasteiger partial charge in [0.05, 0.1) is 13.1 Å². The summed E-state index contributed by atoms with van der Waals surface area (Å²) >= 11 is 0. The van der Waals surface area contributed by atoms with Crippen LogP contribution >= 0.6 is 0 Å². The lowest BCUT2D eigenvalue weighted by atomic mass is 9.85. The lowest BCUT2D eigenvalue weighted by Crippen LogP contribution is -2.67. The molecular weight excluding hydrogens is 270 g/mol. The van der Waals surface area contributed by atoms with E-state index in [1.54, 1.807) is 23.1 Å². The number of aromatic hydroxyl groups is 1. The summed E-state index contributed by atoms with van der Waals surface area (Å²) in [4.78, 5) is 13.6. The van der Waals surface area contributed by atoms with E-state index in [1.807, 2.05) is 20.8 Å². The number of ether oxygens (including phenoxy) is 2. The third-order valence-electron chi connectivity index (χ3n) is 3.83. The van der Waals surface area contributed by atoms with E-state index in [0.29, 0.717) is 13.1 Å². The first-order valence-electron chi connectivity index (χ1n) is 7.25. The first kappa shape index (κ1) is 14.0. The molecule has 0 bridgehead atoms. The van der Waals surface area contributed by atoms with Crippen LogP contribution in [0.25, 0.3) is 0 Å². The number of hydrogen-bond donors (Lipinski definition) is 1. The predicted octanol–water partition coefficient (Wildman–Crippen LogP) is 2.71. The molecule has 0 aliphatic carbocycles. The van der Waals surface area contributed by atoms with Gasteiger partial charge in [0.25, 0.3) is 0 Å². The summed E-state index contributed by atoms with van der Waals surface area (Å²) in [7, 11) is 0. The molecule has 2 aliphatic rings. The van der Waals surface area contributed by atoms with Crippen LogP contribution in [0.15, 0.2) is 18.2 Å². The van der Waals surface area contributed by atoms with Crippen LogP contribution in [0.3, 0.4) is 0 Å². The highest BCUT2D eigenvalue weighted by atomic mass is 16.6. The molecule has 0 unspecified atom stereocenters. The predicted molar refractivity (Wildman–Crippen MR) is 77.6 cm³/mol. The van der Waals surface area contributed by atoms with Crippen molar-refractivity contribution in [3.63, 3.8) is 0 Å². The fraction of sp³-hybridized carbons (Fsp3) is 0.562. The van der Waals surface area contributed by atoms with Gasteiger partial charge in [-0.15, -0.1) is 0 Å². The summed E-state index contributed by atoms with van der Waals surface area (Å²) < 4.78 is 11.4. The molecule has 0 saturated carbocycles. The SMILES string of the molecule is CC(C)(C)OC(=O)N1CC2(CCc3cc(O)ccc3O2)C1. The van der Waals surface area contributed by atoms with E-state index in [9.17, 15) is 9.90 Å². The number of rotatable bonds is 0. The molecule has 2 heterocycles. The van der Waals surface area contributed by atoms with Crippen molar-refractivity contribution in [1.82, 2.24) is 4.90 Å². The first-order valence-corrected chi connectivity index (χ1v) is 7.25. The smallest absolute Gasteiger partial charge is 0.410 e. The molecule has 1 spiro atoms. The maximum Gasteiger partial charge on any atom is 0.410 e. The van der Waals surface area contributed by atoms with Crippen molar-refractivity contribution in [2.24, 2.45) is 0 Å². The van der Waals surface area contributed by atoms with Gasteiger partial charge in [0.1, 0.15) is 22.7 Å². The van der Waals surface area contributed by atoms with Crippen molar-refractivity contribution >= 4 is 6.09 Å². The Hall–Kier alpha value is -1.91. The van der Waals surface area contributed by atoms with Gasteiger partial charge in [-0.05, 0) is 57.4 Å². The van der Waals surface area contributed by atoms with E-state index < -0.39 is 5.60 Å². The van der Waals surface area contributed by atoms with E-state index in [0.717, 1.165) is 24.2 Å². The number of nitrogens with zero attached hydrogens (tertiary/aromatic N) is 1. The quantitative estimate of drug-likeness (QED) is 0.798. The fourth-order valence-electron chi connectivity index (χ4n) is 2.84. The van der Waals surface area contributed by atoms with Gasteiger partial charge in [-0.1, -0.05) is 0 Å². The van der Waals surface area contributed by atoms with Crippen molar-refractivity contribution in [3.05, 3.63) is 23.8 Å². The van der Waals surface area contributed by atoms with Crippen LogP contribution in [0, 0.1) is 0 Å². The van der Waals surface area contributed by atoms with E-state index in [4.69, 9.17) is 9.47 Å². The fourth-order valence-corrected chi connectivity index (χ4v) is 2.84. The van der Waals surface area contributed by atoms with Gasteiger partial charge in [0.2, 0.25) is 0 Å². The zero-order valence-corrected chi connectivity index (χ0v) is 12.7. The zero-order chi connectivity index (χ0) is 15.3. The molecule has 5 heteroatoms. The molecule has 21 heavy (non-hydrogen) atoms. The summed E-state index contributed by atoms with van der Waals surface area (Å²) in [5.41, 5.74) is 0.259. The highest BCUT2D eigenvalue weighted by Gasteiger charge is 2.50. The standard InChI is InChI=1S/C16H21NO4/c1-15(2,3)21-14(19)17-9-16(10-17)7-6-11-8-12(18)4-5-13(11)20-16/h4-5,8,18H,6-7,9-10H2,1-3H3. The van der Waals surface area contributed by atoms with Crippen molar-refractivity contribution in [1.29, 1.82) is 0 Å². The number of phenolic OH excluding ortho intramolecular Hbond substituents is 1. The van der Waals surface area contributed by atoms with Crippen LogP contribution < -0.4 is 4.74 Å². The Morgan fingerprint density at radius 3 is 2.76 bits per heavy atom. The highest BCUT2D eigenvalue weighted by Crippen LogP contribution is 2.40. The molecule has 1 fully saturated rings. The number of hydrogen-bond acceptors (Lipinski definition) is 4. The van der Waals surface area contributed by atoms with Gasteiger partial charge in [-0.25, -0.2) is 4.79 Å². The monoisotopic (exact) mass is 291 g/mol. The Kier molecular flexibility index (Phi) is 3.04. The third kappa shape index (κ3) is 2.77. The van der Waals surface area contributed by atoms with Gasteiger partial charge in [-0.3, -0.25) is 0 Å². The van der Waals surface area contributed by atoms with E-state index >= 15 is 0 Å². The Morgan fingerprint density at radius 2 is 2.10 bits per heavy atom. The summed E-state index contributed by atoms with van der Waals surface area (Å²) in [6.45, 7) is 6.70. The van der Waals surface area contributed by atoms with E-state index in [-0.39, 0.29) is 17.4 Å². The van der Waals surface area contributed by atoms with Crippen LogP contribution in [0.1, 0.15) is 32.8 Å². The summed E-state index contributed by atoms with van der Waals surface area (Å²) in [6.07, 6.45) is 1.42. The molecule has 1 aromatic rings. The van der Waals surface area contributed by atoms with Crippen LogP contribution in [0.2, 0.25) is 0 Å². The second kappa shape index (κ2) is 4.55. The molecule has 1 aromatic carbocycles. The first-order chi connectivity index (χ1) is 9.76. The molecule has 2 aliphatic heterocycles. The highest BCUT2D eigenvalue weighted by molar-refractivity contribution is 5.69. The number of fused-ring (bicyclic) bond motifs is 1. The zero-order valence-electron chi connectivity index (χ0n) is 12.7. The average Bonchev–Trinajstić information content (AvgIpc) is 2.33. The topological polar surface area (TPSA) is 59.0 Å². The molecule has 1 amide bonds. The van der Waals surface area contributed by atoms with Crippen LogP contribution in [-0.2, 0) is 11.2 Å². The molecule has 0 radical (unpaired) electrons. The normalized spacial score (nSPS) is 19.5. The molecule has 114 valence electrons. The summed E-state index contributed by atoms with van der Waals surface area (Å²) in [5, 5.41) is 9.49. The minimum Gasteiger partial charge on any atom is -0.508 e. The number of benzene rings is 1. The lowest BCUT2D eigenvalue weighted by Gasteiger charge is -2.51. The minimum atomic E-state index is -0.475. The Bertz CT molecular complexity index is 570. The Labute approximate surface area is 124 Å². The number of phenols is 1. The molecular formula is C16H21NO4. The number of likely N-dealkylation sites (tertiary alicyclic amines) is 1. The van der Waals surface area contributed by atoms with Gasteiger partial charge < -0.3 is 19.5 Å². The average molecular weight is 291 g/mol. The van der Waals surface area contributed by atoms with Gasteiger partial charge in [-0.2, -0.15) is 0 Å². The second-order valence-electron chi connectivity index (χ2n) is 6.91. The second-order valence-corrected chi connectivity index (χ2v) is 6.91. The Balaban J connectivity index is 1.63. The van der Waals surface area contributed by atoms with Crippen molar-refractivity contribution in [2.45, 2.75) is 44.8 Å². The number of amides is 1. The minimum absolute atomic E-state index is 0.261. The maximum absolute atomic E-state index is 12.0. The van der Waals surface area contributed by atoms with Crippen molar-refractivity contribution in [2.75, 3.05) is 13.1 Å². The molecule has 1 saturated heterocycles. The lowest BCUT2D eigenvalue weighted by molar-refractivity contribution is -0.0913. The largest absolute Gasteiger partial charge is 0.508 e.